The number of rotatable bonds is 3. The number of benzene rings is 1. The Balaban J connectivity index is 1.82. The van der Waals surface area contributed by atoms with Crippen molar-refractivity contribution in [3.63, 3.8) is 0 Å². The molecular weight excluding hydrogens is 292 g/mol. The van der Waals surface area contributed by atoms with Gasteiger partial charge < -0.3 is 9.47 Å². The van der Waals surface area contributed by atoms with Gasteiger partial charge in [0.05, 0.1) is 18.1 Å². The highest BCUT2D eigenvalue weighted by atomic mass is 32.2. The molecule has 0 N–H and O–H groups in total. The molecule has 2 unspecified atom stereocenters. The molecule has 116 valence electrons. The summed E-state index contributed by atoms with van der Waals surface area (Å²) >= 11 is 0. The van der Waals surface area contributed by atoms with Gasteiger partial charge in [0.25, 0.3) is 10.1 Å². The number of hydrogen-bond acceptors (Lipinski definition) is 5. The molecule has 2 heterocycles. The topological polar surface area (TPSA) is 61.8 Å². The summed E-state index contributed by atoms with van der Waals surface area (Å²) in [6.07, 6.45) is 2.38. The molecule has 2 aliphatic heterocycles. The van der Waals surface area contributed by atoms with Crippen LogP contribution in [0, 0.1) is 6.92 Å². The van der Waals surface area contributed by atoms with Gasteiger partial charge in [0.2, 0.25) is 0 Å². The molecule has 5 nitrogen and oxygen atoms in total. The molecule has 2 fully saturated rings. The third-order valence-corrected chi connectivity index (χ3v) is 5.35. The molecule has 1 aromatic rings. The number of aryl methyl sites for hydroxylation is 1. The van der Waals surface area contributed by atoms with Gasteiger partial charge in [-0.05, 0) is 38.3 Å². The van der Waals surface area contributed by atoms with Gasteiger partial charge in [-0.25, -0.2) is 0 Å². The largest absolute Gasteiger partial charge is 0.347 e. The Kier molecular flexibility index (Phi) is 4.05. The Bertz CT molecular complexity index is 587. The monoisotopic (exact) mass is 312 g/mol. The zero-order valence-electron chi connectivity index (χ0n) is 12.1. The zero-order chi connectivity index (χ0) is 14.9. The quantitative estimate of drug-likeness (QED) is 0.802. The Hall–Kier alpha value is -0.950. The van der Waals surface area contributed by atoms with Gasteiger partial charge >= 0.3 is 0 Å². The second kappa shape index (κ2) is 5.68. The maximum Gasteiger partial charge on any atom is 0.297 e. The van der Waals surface area contributed by atoms with Crippen molar-refractivity contribution < 1.29 is 22.1 Å². The van der Waals surface area contributed by atoms with E-state index in [0.29, 0.717) is 26.1 Å². The Labute approximate surface area is 125 Å². The molecule has 1 spiro atoms. The first-order valence-corrected chi connectivity index (χ1v) is 8.71. The lowest BCUT2D eigenvalue weighted by Gasteiger charge is -2.39. The minimum atomic E-state index is -3.80. The molecule has 0 aliphatic carbocycles. The first-order chi connectivity index (χ1) is 10.0. The summed E-state index contributed by atoms with van der Waals surface area (Å²) in [6.45, 7) is 3.09. The highest BCUT2D eigenvalue weighted by Gasteiger charge is 2.48. The summed E-state index contributed by atoms with van der Waals surface area (Å²) in [5.41, 5.74) is 1.01. The fourth-order valence-corrected chi connectivity index (χ4v) is 3.99. The smallest absolute Gasteiger partial charge is 0.297 e. The van der Waals surface area contributed by atoms with Gasteiger partial charge in [0, 0.05) is 6.42 Å². The number of ether oxygens (including phenoxy) is 2. The maximum atomic E-state index is 12.4. The predicted molar refractivity (Wildman–Crippen MR) is 76.3 cm³/mol. The van der Waals surface area contributed by atoms with Crippen LogP contribution < -0.4 is 0 Å². The molecule has 2 atom stereocenters. The molecule has 2 saturated heterocycles. The summed E-state index contributed by atoms with van der Waals surface area (Å²) in [7, 11) is -3.80. The Morgan fingerprint density at radius 2 is 1.81 bits per heavy atom. The summed E-state index contributed by atoms with van der Waals surface area (Å²) in [4.78, 5) is 0.173. The number of hydrogen-bond donors (Lipinski definition) is 0. The Morgan fingerprint density at radius 3 is 2.48 bits per heavy atom. The van der Waals surface area contributed by atoms with Crippen LogP contribution in [0.25, 0.3) is 0 Å². The molecule has 2 aliphatic rings. The first kappa shape index (κ1) is 15.0. The lowest BCUT2D eigenvalue weighted by Crippen LogP contribution is -2.49. The minimum absolute atomic E-state index is 0.173. The van der Waals surface area contributed by atoms with Crippen molar-refractivity contribution >= 4 is 10.1 Å². The second-order valence-electron chi connectivity index (χ2n) is 5.61. The highest BCUT2D eigenvalue weighted by molar-refractivity contribution is 7.86. The molecular formula is C15H20O5S. The van der Waals surface area contributed by atoms with E-state index in [4.69, 9.17) is 13.7 Å². The van der Waals surface area contributed by atoms with Crippen molar-refractivity contribution in [1.82, 2.24) is 0 Å². The standard InChI is InChI=1S/C15H20O5S/c1-12-5-7-13(8-6-12)21(16,17)20-14-4-2-10-18-15(14)9-3-11-19-15/h5-8,14H,2-4,9-11H2,1H3. The van der Waals surface area contributed by atoms with Crippen molar-refractivity contribution in [3.8, 4) is 0 Å². The van der Waals surface area contributed by atoms with Gasteiger partial charge in [0.1, 0.15) is 6.10 Å². The molecule has 21 heavy (non-hydrogen) atoms. The molecule has 0 amide bonds. The van der Waals surface area contributed by atoms with Crippen LogP contribution in [-0.4, -0.2) is 33.5 Å². The van der Waals surface area contributed by atoms with Crippen LogP contribution in [0.1, 0.15) is 31.2 Å². The van der Waals surface area contributed by atoms with Crippen LogP contribution in [0.3, 0.4) is 0 Å². The van der Waals surface area contributed by atoms with Gasteiger partial charge in [-0.15, -0.1) is 0 Å². The van der Waals surface area contributed by atoms with Crippen molar-refractivity contribution in [1.29, 1.82) is 0 Å². The van der Waals surface area contributed by atoms with Gasteiger partial charge in [0.15, 0.2) is 5.79 Å². The van der Waals surface area contributed by atoms with E-state index in [1.54, 1.807) is 24.3 Å². The van der Waals surface area contributed by atoms with Crippen molar-refractivity contribution in [2.24, 2.45) is 0 Å². The van der Waals surface area contributed by atoms with E-state index in [0.717, 1.165) is 18.4 Å². The molecule has 0 saturated carbocycles. The first-order valence-electron chi connectivity index (χ1n) is 7.30. The van der Waals surface area contributed by atoms with Crippen molar-refractivity contribution in [2.45, 2.75) is 49.4 Å². The van der Waals surface area contributed by atoms with Crippen LogP contribution in [0.4, 0.5) is 0 Å². The molecule has 1 aromatic carbocycles. The lowest BCUT2D eigenvalue weighted by atomic mass is 9.99. The van der Waals surface area contributed by atoms with Crippen molar-refractivity contribution in [3.05, 3.63) is 29.8 Å². The summed E-state index contributed by atoms with van der Waals surface area (Å²) in [6, 6.07) is 6.65. The third-order valence-electron chi connectivity index (χ3n) is 4.02. The van der Waals surface area contributed by atoms with E-state index in [-0.39, 0.29) is 4.90 Å². The summed E-state index contributed by atoms with van der Waals surface area (Å²) < 4.78 is 41.7. The Morgan fingerprint density at radius 1 is 1.14 bits per heavy atom. The van der Waals surface area contributed by atoms with E-state index in [2.05, 4.69) is 0 Å². The van der Waals surface area contributed by atoms with E-state index in [1.165, 1.54) is 0 Å². The predicted octanol–water partition coefficient (Wildman–Crippen LogP) is 2.39. The van der Waals surface area contributed by atoms with Crippen LogP contribution in [0.2, 0.25) is 0 Å². The SMILES string of the molecule is Cc1ccc(S(=O)(=O)OC2CCCOC23CCCO3)cc1. The zero-order valence-corrected chi connectivity index (χ0v) is 12.9. The summed E-state index contributed by atoms with van der Waals surface area (Å²) in [5.74, 6) is -0.879. The third kappa shape index (κ3) is 2.99. The second-order valence-corrected chi connectivity index (χ2v) is 7.18. The summed E-state index contributed by atoms with van der Waals surface area (Å²) in [5, 5.41) is 0. The van der Waals surface area contributed by atoms with Crippen LogP contribution in [0.5, 0.6) is 0 Å². The van der Waals surface area contributed by atoms with E-state index in [9.17, 15) is 8.42 Å². The fourth-order valence-electron chi connectivity index (χ4n) is 2.86. The van der Waals surface area contributed by atoms with E-state index in [1.807, 2.05) is 6.92 Å². The molecule has 0 bridgehead atoms. The molecule has 0 aromatic heterocycles. The van der Waals surface area contributed by atoms with Gasteiger partial charge in [-0.1, -0.05) is 17.7 Å². The molecule has 3 rings (SSSR count). The average molecular weight is 312 g/mol. The van der Waals surface area contributed by atoms with E-state index >= 15 is 0 Å². The van der Waals surface area contributed by atoms with Gasteiger partial charge in [-0.3, -0.25) is 4.18 Å². The lowest BCUT2D eigenvalue weighted by molar-refractivity contribution is -0.271. The average Bonchev–Trinajstić information content (AvgIpc) is 2.91. The normalized spacial score (nSPS) is 29.9. The minimum Gasteiger partial charge on any atom is -0.347 e. The van der Waals surface area contributed by atoms with Crippen molar-refractivity contribution in [2.75, 3.05) is 13.2 Å². The van der Waals surface area contributed by atoms with Gasteiger partial charge in [-0.2, -0.15) is 8.42 Å². The molecule has 6 heteroatoms. The van der Waals surface area contributed by atoms with E-state index < -0.39 is 22.0 Å². The molecule has 0 radical (unpaired) electrons. The van der Waals surface area contributed by atoms with Crippen LogP contribution >= 0.6 is 0 Å². The highest BCUT2D eigenvalue weighted by Crippen LogP contribution is 2.38. The van der Waals surface area contributed by atoms with Crippen LogP contribution in [0.15, 0.2) is 29.2 Å². The van der Waals surface area contributed by atoms with Crippen LogP contribution in [-0.2, 0) is 23.8 Å². The fraction of sp³-hybridized carbons (Fsp3) is 0.600. The maximum absolute atomic E-state index is 12.4.